The highest BCUT2D eigenvalue weighted by molar-refractivity contribution is 6.03. The van der Waals surface area contributed by atoms with Crippen LogP contribution in [0.25, 0.3) is 11.3 Å². The summed E-state index contributed by atoms with van der Waals surface area (Å²) in [5.41, 5.74) is 2.16. The van der Waals surface area contributed by atoms with E-state index in [0.717, 1.165) is 31.6 Å². The Hall–Kier alpha value is -4.15. The number of carbonyl (C=O) groups excluding carboxylic acids is 1. The predicted octanol–water partition coefficient (Wildman–Crippen LogP) is 2.68. The number of hydrogen-bond donors (Lipinski definition) is 2. The Labute approximate surface area is 190 Å². The molecule has 1 fully saturated rings. The second-order valence-corrected chi connectivity index (χ2v) is 7.77. The first-order chi connectivity index (χ1) is 16.1. The molecule has 33 heavy (non-hydrogen) atoms. The number of urea groups is 1. The first-order valence-corrected chi connectivity index (χ1v) is 10.5. The molecule has 6 rings (SSSR count). The molecule has 3 aromatic rings. The lowest BCUT2D eigenvalue weighted by Gasteiger charge is -2.31. The molecule has 170 valence electrons. The smallest absolute Gasteiger partial charge is 0.328 e. The number of anilines is 3. The number of methoxy groups -OCH3 is 2. The lowest BCUT2D eigenvalue weighted by molar-refractivity contribution is 0.253. The summed E-state index contributed by atoms with van der Waals surface area (Å²) < 4.78 is 10.3. The van der Waals surface area contributed by atoms with Gasteiger partial charge in [0.1, 0.15) is 11.6 Å². The van der Waals surface area contributed by atoms with Crippen LogP contribution in [0.2, 0.25) is 0 Å². The van der Waals surface area contributed by atoms with Crippen LogP contribution in [0.3, 0.4) is 0 Å². The number of fused-ring (bicyclic) bond motifs is 2. The highest BCUT2D eigenvalue weighted by Crippen LogP contribution is 2.39. The maximum Gasteiger partial charge on any atom is 0.328 e. The number of nitrogens with zero attached hydrogens (tertiary/aromatic N) is 6. The van der Waals surface area contributed by atoms with Gasteiger partial charge in [-0.05, 0) is 31.0 Å². The number of piperidine rings is 1. The third kappa shape index (κ3) is 3.93. The van der Waals surface area contributed by atoms with Gasteiger partial charge in [-0.15, -0.1) is 0 Å². The molecule has 0 saturated carbocycles. The van der Waals surface area contributed by atoms with Crippen LogP contribution in [0.1, 0.15) is 12.8 Å². The van der Waals surface area contributed by atoms with Gasteiger partial charge in [0, 0.05) is 37.0 Å². The number of carbonyl (C=O) groups is 1. The Balaban J connectivity index is 1.54. The number of hydrogen-bond acceptors (Lipinski definition) is 9. The summed E-state index contributed by atoms with van der Waals surface area (Å²) in [6, 6.07) is 6.69. The lowest BCUT2D eigenvalue weighted by Crippen LogP contribution is -2.46. The van der Waals surface area contributed by atoms with Crippen LogP contribution in [0.4, 0.5) is 22.1 Å². The Morgan fingerprint density at radius 2 is 1.91 bits per heavy atom. The van der Waals surface area contributed by atoms with Crippen molar-refractivity contribution in [1.29, 1.82) is 0 Å². The van der Waals surface area contributed by atoms with Crippen molar-refractivity contribution in [2.24, 2.45) is 0 Å². The highest BCUT2D eigenvalue weighted by atomic mass is 16.5. The van der Waals surface area contributed by atoms with Crippen LogP contribution >= 0.6 is 0 Å². The van der Waals surface area contributed by atoms with E-state index in [2.05, 4.69) is 25.2 Å². The molecule has 6 heterocycles. The van der Waals surface area contributed by atoms with Gasteiger partial charge in [0.05, 0.1) is 31.8 Å². The first kappa shape index (κ1) is 20.7. The van der Waals surface area contributed by atoms with E-state index in [0.29, 0.717) is 17.1 Å². The van der Waals surface area contributed by atoms with Gasteiger partial charge in [-0.3, -0.25) is 15.2 Å². The van der Waals surface area contributed by atoms with Crippen molar-refractivity contribution in [3.8, 4) is 28.9 Å². The SMILES string of the molecule is COc1cc(NC(=O)N2c3nc(-c4cncc(O)c4)ccc3N3CCC2CC3)nc(OC)n1. The lowest BCUT2D eigenvalue weighted by atomic mass is 10.1. The molecule has 0 spiro atoms. The Morgan fingerprint density at radius 3 is 2.64 bits per heavy atom. The van der Waals surface area contributed by atoms with Crippen molar-refractivity contribution in [3.05, 3.63) is 36.7 Å². The highest BCUT2D eigenvalue weighted by Gasteiger charge is 2.37. The molecule has 3 aromatic heterocycles. The van der Waals surface area contributed by atoms with Gasteiger partial charge in [-0.1, -0.05) is 0 Å². The minimum atomic E-state index is -0.355. The molecule has 3 aliphatic rings. The van der Waals surface area contributed by atoms with Gasteiger partial charge in [0.2, 0.25) is 5.88 Å². The normalized spacial score (nSPS) is 15.1. The molecule has 0 aliphatic carbocycles. The van der Waals surface area contributed by atoms with E-state index >= 15 is 0 Å². The van der Waals surface area contributed by atoms with Gasteiger partial charge in [0.15, 0.2) is 5.82 Å². The predicted molar refractivity (Wildman–Crippen MR) is 121 cm³/mol. The molecule has 11 nitrogen and oxygen atoms in total. The van der Waals surface area contributed by atoms with E-state index in [1.54, 1.807) is 17.2 Å². The minimum Gasteiger partial charge on any atom is -0.506 e. The molecule has 0 aromatic carbocycles. The second-order valence-electron chi connectivity index (χ2n) is 7.77. The van der Waals surface area contributed by atoms with E-state index < -0.39 is 0 Å². The van der Waals surface area contributed by atoms with Gasteiger partial charge >= 0.3 is 12.0 Å². The molecular formula is C22H23N7O4. The minimum absolute atomic E-state index is 0.0156. The fraction of sp³-hybridized carbons (Fsp3) is 0.318. The van der Waals surface area contributed by atoms with E-state index in [4.69, 9.17) is 14.5 Å². The van der Waals surface area contributed by atoms with Gasteiger partial charge in [0.25, 0.3) is 0 Å². The van der Waals surface area contributed by atoms with Crippen LogP contribution in [-0.2, 0) is 0 Å². The molecule has 2 amide bonds. The number of aromatic hydroxyl groups is 1. The summed E-state index contributed by atoms with van der Waals surface area (Å²) in [4.78, 5) is 34.6. The number of pyridine rings is 2. The third-order valence-electron chi connectivity index (χ3n) is 5.80. The Morgan fingerprint density at radius 1 is 1.09 bits per heavy atom. The molecule has 0 unspecified atom stereocenters. The summed E-state index contributed by atoms with van der Waals surface area (Å²) in [6.45, 7) is 1.68. The number of nitrogens with one attached hydrogen (secondary N) is 1. The van der Waals surface area contributed by atoms with E-state index in [1.807, 2.05) is 12.1 Å². The first-order valence-electron chi connectivity index (χ1n) is 10.5. The van der Waals surface area contributed by atoms with Crippen LogP contribution in [0, 0.1) is 0 Å². The zero-order valence-corrected chi connectivity index (χ0v) is 18.2. The number of rotatable bonds is 4. The molecular weight excluding hydrogens is 426 g/mol. The zero-order chi connectivity index (χ0) is 22.9. The third-order valence-corrected chi connectivity index (χ3v) is 5.80. The van der Waals surface area contributed by atoms with Crippen LogP contribution < -0.4 is 24.6 Å². The maximum absolute atomic E-state index is 13.5. The fourth-order valence-corrected chi connectivity index (χ4v) is 4.23. The van der Waals surface area contributed by atoms with Crippen molar-refractivity contribution >= 4 is 23.4 Å². The summed E-state index contributed by atoms with van der Waals surface area (Å²) in [6.07, 6.45) is 4.64. The van der Waals surface area contributed by atoms with E-state index in [-0.39, 0.29) is 35.5 Å². The van der Waals surface area contributed by atoms with E-state index in [1.165, 1.54) is 26.5 Å². The zero-order valence-electron chi connectivity index (χ0n) is 18.2. The monoisotopic (exact) mass is 449 g/mol. The molecule has 2 bridgehead atoms. The average molecular weight is 449 g/mol. The summed E-state index contributed by atoms with van der Waals surface area (Å²) in [5, 5.41) is 12.7. The molecule has 11 heteroatoms. The van der Waals surface area contributed by atoms with Crippen LogP contribution in [-0.4, -0.2) is 64.4 Å². The van der Waals surface area contributed by atoms with Gasteiger partial charge in [-0.25, -0.2) is 9.78 Å². The van der Waals surface area contributed by atoms with E-state index in [9.17, 15) is 9.90 Å². The van der Waals surface area contributed by atoms with Crippen LogP contribution in [0.15, 0.2) is 36.7 Å². The maximum atomic E-state index is 13.5. The molecule has 2 N–H and O–H groups in total. The molecule has 3 aliphatic heterocycles. The summed E-state index contributed by atoms with van der Waals surface area (Å²) in [7, 11) is 2.92. The quantitative estimate of drug-likeness (QED) is 0.618. The van der Waals surface area contributed by atoms with Crippen molar-refractivity contribution in [2.45, 2.75) is 18.9 Å². The Kier molecular flexibility index (Phi) is 5.29. The largest absolute Gasteiger partial charge is 0.506 e. The molecule has 0 radical (unpaired) electrons. The van der Waals surface area contributed by atoms with Gasteiger partial charge < -0.3 is 19.5 Å². The number of ether oxygens (including phenoxy) is 2. The standard InChI is InChI=1S/C22H23N7O4/c1-32-19-10-18(25-21(27-19)33-2)26-22(31)29-14-5-7-28(8-6-14)17-4-3-16(24-20(17)29)13-9-15(30)12-23-11-13/h3-4,9-12,14,30H,5-8H2,1-2H3,(H,25,26,27,31). The topological polar surface area (TPSA) is 126 Å². The number of amides is 2. The average Bonchev–Trinajstić information content (AvgIpc) is 3.09. The molecule has 1 saturated heterocycles. The van der Waals surface area contributed by atoms with Crippen molar-refractivity contribution in [1.82, 2.24) is 19.9 Å². The van der Waals surface area contributed by atoms with Gasteiger partial charge in [-0.2, -0.15) is 9.97 Å². The second kappa shape index (κ2) is 8.41. The fourth-order valence-electron chi connectivity index (χ4n) is 4.23. The summed E-state index contributed by atoms with van der Waals surface area (Å²) in [5.74, 6) is 1.14. The van der Waals surface area contributed by atoms with Crippen molar-refractivity contribution in [3.63, 3.8) is 0 Å². The number of aromatic nitrogens is 4. The summed E-state index contributed by atoms with van der Waals surface area (Å²) >= 11 is 0. The van der Waals surface area contributed by atoms with Crippen molar-refractivity contribution in [2.75, 3.05) is 42.4 Å². The van der Waals surface area contributed by atoms with Crippen LogP contribution in [0.5, 0.6) is 17.6 Å². The molecule has 0 atom stereocenters. The Bertz CT molecular complexity index is 1170. The van der Waals surface area contributed by atoms with Crippen molar-refractivity contribution < 1.29 is 19.4 Å².